The Morgan fingerprint density at radius 2 is 2.07 bits per heavy atom. The zero-order valence-corrected chi connectivity index (χ0v) is 8.93. The third-order valence-corrected chi connectivity index (χ3v) is 3.26. The molecule has 2 rings (SSSR count). The minimum absolute atomic E-state index is 0.549. The van der Waals surface area contributed by atoms with E-state index in [2.05, 4.69) is 10.6 Å². The van der Waals surface area contributed by atoms with E-state index in [9.17, 15) is 0 Å². The van der Waals surface area contributed by atoms with Crippen molar-refractivity contribution in [3.8, 4) is 0 Å². The Kier molecular flexibility index (Phi) is 4.22. The molecule has 0 amide bonds. The molecular weight excluding hydrogens is 176 g/mol. The lowest BCUT2D eigenvalue weighted by Crippen LogP contribution is -2.43. The van der Waals surface area contributed by atoms with E-state index in [0.29, 0.717) is 6.10 Å². The van der Waals surface area contributed by atoms with Crippen LogP contribution in [0.25, 0.3) is 0 Å². The molecule has 0 aliphatic carbocycles. The van der Waals surface area contributed by atoms with Crippen LogP contribution in [0.4, 0.5) is 0 Å². The SMILES string of the molecule is C1COC(CCNCCC2CNC2)C1. The van der Waals surface area contributed by atoms with Gasteiger partial charge in [-0.25, -0.2) is 0 Å². The molecule has 0 bridgehead atoms. The molecule has 0 spiro atoms. The van der Waals surface area contributed by atoms with E-state index in [1.807, 2.05) is 0 Å². The molecule has 2 N–H and O–H groups in total. The highest BCUT2D eigenvalue weighted by Crippen LogP contribution is 2.14. The van der Waals surface area contributed by atoms with E-state index in [1.165, 1.54) is 45.3 Å². The average Bonchev–Trinajstić information content (AvgIpc) is 2.60. The van der Waals surface area contributed by atoms with Gasteiger partial charge in [0.25, 0.3) is 0 Å². The van der Waals surface area contributed by atoms with E-state index in [0.717, 1.165) is 19.1 Å². The molecule has 2 heterocycles. The van der Waals surface area contributed by atoms with Crippen molar-refractivity contribution in [3.05, 3.63) is 0 Å². The average molecular weight is 198 g/mol. The summed E-state index contributed by atoms with van der Waals surface area (Å²) < 4.78 is 5.56. The first kappa shape index (κ1) is 10.4. The maximum atomic E-state index is 5.56. The molecule has 2 saturated heterocycles. The van der Waals surface area contributed by atoms with Crippen molar-refractivity contribution in [2.75, 3.05) is 32.8 Å². The third kappa shape index (κ3) is 3.23. The Bertz CT molecular complexity index is 153. The monoisotopic (exact) mass is 198 g/mol. The number of ether oxygens (including phenoxy) is 1. The molecule has 2 fully saturated rings. The van der Waals surface area contributed by atoms with Crippen molar-refractivity contribution in [3.63, 3.8) is 0 Å². The van der Waals surface area contributed by atoms with E-state index in [4.69, 9.17) is 4.74 Å². The smallest absolute Gasteiger partial charge is 0.0588 e. The summed E-state index contributed by atoms with van der Waals surface area (Å²) in [6.45, 7) is 5.75. The van der Waals surface area contributed by atoms with Gasteiger partial charge in [0.1, 0.15) is 0 Å². The predicted molar refractivity (Wildman–Crippen MR) is 57.4 cm³/mol. The zero-order chi connectivity index (χ0) is 9.64. The molecule has 3 heteroatoms. The van der Waals surface area contributed by atoms with Crippen molar-refractivity contribution in [1.29, 1.82) is 0 Å². The van der Waals surface area contributed by atoms with Crippen LogP contribution in [-0.2, 0) is 4.74 Å². The fourth-order valence-corrected chi connectivity index (χ4v) is 2.12. The Morgan fingerprint density at radius 1 is 1.21 bits per heavy atom. The van der Waals surface area contributed by atoms with E-state index >= 15 is 0 Å². The summed E-state index contributed by atoms with van der Waals surface area (Å²) in [6, 6.07) is 0. The highest BCUT2D eigenvalue weighted by atomic mass is 16.5. The predicted octanol–water partition coefficient (Wildman–Crippen LogP) is 0.755. The maximum absolute atomic E-state index is 5.56. The van der Waals surface area contributed by atoms with Crippen LogP contribution in [0, 0.1) is 5.92 Å². The quantitative estimate of drug-likeness (QED) is 0.618. The van der Waals surface area contributed by atoms with Gasteiger partial charge in [-0.15, -0.1) is 0 Å². The molecule has 82 valence electrons. The van der Waals surface area contributed by atoms with Crippen LogP contribution in [0.2, 0.25) is 0 Å². The lowest BCUT2D eigenvalue weighted by molar-refractivity contribution is 0.104. The standard InChI is InChI=1S/C11H22N2O/c1-2-11(14-7-1)4-6-12-5-3-10-8-13-9-10/h10-13H,1-9H2. The summed E-state index contributed by atoms with van der Waals surface area (Å²) in [5, 5.41) is 6.80. The lowest BCUT2D eigenvalue weighted by atomic mass is 10.00. The van der Waals surface area contributed by atoms with Crippen molar-refractivity contribution < 1.29 is 4.74 Å². The van der Waals surface area contributed by atoms with Gasteiger partial charge in [0.05, 0.1) is 6.10 Å². The van der Waals surface area contributed by atoms with Gasteiger partial charge in [-0.05, 0) is 57.8 Å². The number of nitrogens with one attached hydrogen (secondary N) is 2. The first-order valence-corrected chi connectivity index (χ1v) is 5.98. The molecule has 2 aliphatic heterocycles. The number of hydrogen-bond acceptors (Lipinski definition) is 3. The van der Waals surface area contributed by atoms with Crippen LogP contribution in [0.1, 0.15) is 25.7 Å². The highest BCUT2D eigenvalue weighted by Gasteiger charge is 2.16. The molecule has 2 aliphatic rings. The van der Waals surface area contributed by atoms with Crippen LogP contribution >= 0.6 is 0 Å². The molecule has 14 heavy (non-hydrogen) atoms. The molecule has 0 saturated carbocycles. The normalized spacial score (nSPS) is 27.9. The van der Waals surface area contributed by atoms with Crippen LogP contribution in [0.3, 0.4) is 0 Å². The topological polar surface area (TPSA) is 33.3 Å². The van der Waals surface area contributed by atoms with Gasteiger partial charge in [-0.1, -0.05) is 0 Å². The summed E-state index contributed by atoms with van der Waals surface area (Å²) in [5.41, 5.74) is 0. The van der Waals surface area contributed by atoms with E-state index in [1.54, 1.807) is 0 Å². The molecular formula is C11H22N2O. The minimum atomic E-state index is 0.549. The Morgan fingerprint density at radius 3 is 2.71 bits per heavy atom. The Hall–Kier alpha value is -0.120. The summed E-state index contributed by atoms with van der Waals surface area (Å²) in [7, 11) is 0. The summed E-state index contributed by atoms with van der Waals surface area (Å²) >= 11 is 0. The number of hydrogen-bond donors (Lipinski definition) is 2. The summed E-state index contributed by atoms with van der Waals surface area (Å²) in [6.07, 6.45) is 5.61. The van der Waals surface area contributed by atoms with Crippen molar-refractivity contribution in [2.45, 2.75) is 31.8 Å². The molecule has 1 unspecified atom stereocenters. The van der Waals surface area contributed by atoms with Crippen LogP contribution in [0.5, 0.6) is 0 Å². The fourth-order valence-electron chi connectivity index (χ4n) is 2.12. The summed E-state index contributed by atoms with van der Waals surface area (Å²) in [4.78, 5) is 0. The third-order valence-electron chi connectivity index (χ3n) is 3.26. The minimum Gasteiger partial charge on any atom is -0.378 e. The van der Waals surface area contributed by atoms with E-state index < -0.39 is 0 Å². The van der Waals surface area contributed by atoms with Gasteiger partial charge in [-0.2, -0.15) is 0 Å². The second-order valence-corrected chi connectivity index (χ2v) is 4.49. The van der Waals surface area contributed by atoms with Crippen LogP contribution in [-0.4, -0.2) is 38.9 Å². The van der Waals surface area contributed by atoms with Gasteiger partial charge >= 0.3 is 0 Å². The largest absolute Gasteiger partial charge is 0.378 e. The van der Waals surface area contributed by atoms with Gasteiger partial charge in [0.15, 0.2) is 0 Å². The molecule has 0 aromatic heterocycles. The molecule has 0 radical (unpaired) electrons. The molecule has 1 atom stereocenters. The van der Waals surface area contributed by atoms with Gasteiger partial charge in [0, 0.05) is 6.61 Å². The van der Waals surface area contributed by atoms with Crippen molar-refractivity contribution >= 4 is 0 Å². The van der Waals surface area contributed by atoms with Gasteiger partial charge in [-0.3, -0.25) is 0 Å². The van der Waals surface area contributed by atoms with Crippen LogP contribution < -0.4 is 10.6 Å². The molecule has 0 aromatic carbocycles. The first-order valence-electron chi connectivity index (χ1n) is 5.98. The zero-order valence-electron chi connectivity index (χ0n) is 8.93. The Labute approximate surface area is 86.6 Å². The second kappa shape index (κ2) is 5.69. The number of rotatable bonds is 6. The Balaban J connectivity index is 1.39. The van der Waals surface area contributed by atoms with Crippen LogP contribution in [0.15, 0.2) is 0 Å². The maximum Gasteiger partial charge on any atom is 0.0588 e. The second-order valence-electron chi connectivity index (χ2n) is 4.49. The van der Waals surface area contributed by atoms with E-state index in [-0.39, 0.29) is 0 Å². The highest BCUT2D eigenvalue weighted by molar-refractivity contribution is 4.75. The van der Waals surface area contributed by atoms with Gasteiger partial charge in [0.2, 0.25) is 0 Å². The van der Waals surface area contributed by atoms with Gasteiger partial charge < -0.3 is 15.4 Å². The first-order chi connectivity index (χ1) is 6.95. The summed E-state index contributed by atoms with van der Waals surface area (Å²) in [5.74, 6) is 0.935. The molecule has 3 nitrogen and oxygen atoms in total. The van der Waals surface area contributed by atoms with Crippen molar-refractivity contribution in [2.24, 2.45) is 5.92 Å². The molecule has 0 aromatic rings. The van der Waals surface area contributed by atoms with Crippen molar-refractivity contribution in [1.82, 2.24) is 10.6 Å². The lowest BCUT2D eigenvalue weighted by Gasteiger charge is -2.27. The fraction of sp³-hybridized carbons (Fsp3) is 1.00.